The lowest BCUT2D eigenvalue weighted by Crippen LogP contribution is -2.35. The average molecular weight is 287 g/mol. The van der Waals surface area contributed by atoms with Gasteiger partial charge in [0.15, 0.2) is 5.82 Å². The van der Waals surface area contributed by atoms with Crippen LogP contribution < -0.4 is 10.2 Å². The fourth-order valence-corrected chi connectivity index (χ4v) is 2.56. The Labute approximate surface area is 123 Å². The van der Waals surface area contributed by atoms with E-state index < -0.39 is 0 Å². The Morgan fingerprint density at radius 2 is 2.10 bits per heavy atom. The van der Waals surface area contributed by atoms with Crippen LogP contribution in [0.2, 0.25) is 0 Å². The van der Waals surface area contributed by atoms with Crippen LogP contribution in [-0.4, -0.2) is 28.3 Å². The minimum atomic E-state index is -0.268. The number of halogens is 1. The Hall–Kier alpha value is -2.24. The predicted octanol–water partition coefficient (Wildman–Crippen LogP) is 2.99. The van der Waals surface area contributed by atoms with Gasteiger partial charge in [-0.1, -0.05) is 6.92 Å². The van der Waals surface area contributed by atoms with Crippen LogP contribution in [0.15, 0.2) is 30.5 Å². The van der Waals surface area contributed by atoms with Gasteiger partial charge in [0.1, 0.15) is 5.82 Å². The normalized spacial score (nSPS) is 18.6. The molecule has 1 N–H and O–H groups in total. The Kier molecular flexibility index (Phi) is 3.94. The number of aromatic nitrogens is 3. The van der Waals surface area contributed by atoms with Crippen LogP contribution >= 0.6 is 0 Å². The standard InChI is InChI=1S/C15H18FN5/c1-11-3-2-8-21(10-11)14-9-17-20-15(19-14)18-13-6-4-12(16)5-7-13/h4-7,9,11H,2-3,8,10H2,1H3,(H,18,19,20). The third kappa shape index (κ3) is 3.45. The summed E-state index contributed by atoms with van der Waals surface area (Å²) < 4.78 is 12.9. The van der Waals surface area contributed by atoms with E-state index in [0.29, 0.717) is 11.9 Å². The van der Waals surface area contributed by atoms with E-state index in [0.717, 1.165) is 24.6 Å². The maximum atomic E-state index is 12.9. The van der Waals surface area contributed by atoms with Crippen molar-refractivity contribution in [3.8, 4) is 0 Å². The maximum absolute atomic E-state index is 12.9. The Balaban J connectivity index is 1.75. The van der Waals surface area contributed by atoms with E-state index in [1.807, 2.05) is 0 Å². The van der Waals surface area contributed by atoms with Gasteiger partial charge in [0.25, 0.3) is 0 Å². The van der Waals surface area contributed by atoms with Crippen LogP contribution in [0.25, 0.3) is 0 Å². The lowest BCUT2D eigenvalue weighted by Gasteiger charge is -2.31. The van der Waals surface area contributed by atoms with Crippen LogP contribution in [0.3, 0.4) is 0 Å². The first-order valence-corrected chi connectivity index (χ1v) is 7.18. The zero-order valence-electron chi connectivity index (χ0n) is 12.0. The number of hydrogen-bond acceptors (Lipinski definition) is 5. The number of rotatable bonds is 3. The summed E-state index contributed by atoms with van der Waals surface area (Å²) in [6.45, 7) is 4.24. The number of benzene rings is 1. The van der Waals surface area contributed by atoms with Gasteiger partial charge in [0.05, 0.1) is 6.20 Å². The molecule has 1 atom stereocenters. The van der Waals surface area contributed by atoms with Crippen molar-refractivity contribution in [3.63, 3.8) is 0 Å². The van der Waals surface area contributed by atoms with Gasteiger partial charge in [-0.15, -0.1) is 5.10 Å². The highest BCUT2D eigenvalue weighted by atomic mass is 19.1. The molecular formula is C15H18FN5. The third-order valence-corrected chi connectivity index (χ3v) is 3.63. The number of piperidine rings is 1. The molecule has 110 valence electrons. The fourth-order valence-electron chi connectivity index (χ4n) is 2.56. The van der Waals surface area contributed by atoms with Crippen molar-refractivity contribution in [1.29, 1.82) is 0 Å². The smallest absolute Gasteiger partial charge is 0.249 e. The van der Waals surface area contributed by atoms with Crippen LogP contribution in [0.5, 0.6) is 0 Å². The van der Waals surface area contributed by atoms with E-state index in [2.05, 4.69) is 32.3 Å². The van der Waals surface area contributed by atoms with Crippen LogP contribution in [0.1, 0.15) is 19.8 Å². The van der Waals surface area contributed by atoms with Gasteiger partial charge >= 0.3 is 0 Å². The molecule has 3 rings (SSSR count). The molecule has 2 aromatic rings. The lowest BCUT2D eigenvalue weighted by atomic mass is 10.0. The van der Waals surface area contributed by atoms with Gasteiger partial charge in [0.2, 0.25) is 5.95 Å². The summed E-state index contributed by atoms with van der Waals surface area (Å²) in [4.78, 5) is 6.73. The molecule has 21 heavy (non-hydrogen) atoms. The predicted molar refractivity (Wildman–Crippen MR) is 80.1 cm³/mol. The molecular weight excluding hydrogens is 269 g/mol. The average Bonchev–Trinajstić information content (AvgIpc) is 2.50. The summed E-state index contributed by atoms with van der Waals surface area (Å²) >= 11 is 0. The summed E-state index contributed by atoms with van der Waals surface area (Å²) in [5.74, 6) is 1.66. The molecule has 1 saturated heterocycles. The molecule has 0 radical (unpaired) electrons. The third-order valence-electron chi connectivity index (χ3n) is 3.63. The number of hydrogen-bond donors (Lipinski definition) is 1. The zero-order chi connectivity index (χ0) is 14.7. The topological polar surface area (TPSA) is 53.9 Å². The van der Waals surface area contributed by atoms with Gasteiger partial charge in [-0.2, -0.15) is 10.1 Å². The molecule has 0 amide bonds. The minimum absolute atomic E-state index is 0.268. The second kappa shape index (κ2) is 6.03. The van der Waals surface area contributed by atoms with Crippen molar-refractivity contribution >= 4 is 17.5 Å². The first-order chi connectivity index (χ1) is 10.2. The van der Waals surface area contributed by atoms with Crippen molar-refractivity contribution in [1.82, 2.24) is 15.2 Å². The van der Waals surface area contributed by atoms with Crippen LogP contribution in [-0.2, 0) is 0 Å². The first-order valence-electron chi connectivity index (χ1n) is 7.18. The van der Waals surface area contributed by atoms with Crippen LogP contribution in [0.4, 0.5) is 21.8 Å². The van der Waals surface area contributed by atoms with Gasteiger partial charge in [-0.3, -0.25) is 0 Å². The van der Waals surface area contributed by atoms with Crippen molar-refractivity contribution in [2.45, 2.75) is 19.8 Å². The molecule has 1 unspecified atom stereocenters. The van der Waals surface area contributed by atoms with E-state index >= 15 is 0 Å². The van der Waals surface area contributed by atoms with E-state index in [-0.39, 0.29) is 5.82 Å². The molecule has 0 bridgehead atoms. The SMILES string of the molecule is CC1CCCN(c2cnnc(Nc3ccc(F)cc3)n2)C1. The van der Waals surface area contributed by atoms with E-state index in [9.17, 15) is 4.39 Å². The Bertz CT molecular complexity index is 601. The van der Waals surface area contributed by atoms with Gasteiger partial charge in [-0.25, -0.2) is 4.39 Å². The van der Waals surface area contributed by atoms with E-state index in [4.69, 9.17) is 0 Å². The second-order valence-corrected chi connectivity index (χ2v) is 5.46. The molecule has 6 heteroatoms. The molecule has 1 fully saturated rings. The van der Waals surface area contributed by atoms with Gasteiger partial charge < -0.3 is 10.2 Å². The summed E-state index contributed by atoms with van der Waals surface area (Å²) in [5.41, 5.74) is 0.738. The summed E-state index contributed by atoms with van der Waals surface area (Å²) in [6, 6.07) is 6.08. The first kappa shape index (κ1) is 13.7. The molecule has 1 aromatic heterocycles. The Morgan fingerprint density at radius 3 is 2.86 bits per heavy atom. The van der Waals surface area contributed by atoms with Gasteiger partial charge in [0, 0.05) is 18.8 Å². The minimum Gasteiger partial charge on any atom is -0.355 e. The van der Waals surface area contributed by atoms with Crippen molar-refractivity contribution in [2.75, 3.05) is 23.3 Å². The number of nitrogens with one attached hydrogen (secondary N) is 1. The molecule has 0 spiro atoms. The molecule has 5 nitrogen and oxygen atoms in total. The summed E-state index contributed by atoms with van der Waals surface area (Å²) in [6.07, 6.45) is 4.12. The molecule has 1 aromatic carbocycles. The lowest BCUT2D eigenvalue weighted by molar-refractivity contribution is 0.444. The fraction of sp³-hybridized carbons (Fsp3) is 0.400. The molecule has 0 aliphatic carbocycles. The second-order valence-electron chi connectivity index (χ2n) is 5.46. The Morgan fingerprint density at radius 1 is 1.29 bits per heavy atom. The number of anilines is 3. The molecule has 1 aliphatic rings. The summed E-state index contributed by atoms with van der Waals surface area (Å²) in [5, 5.41) is 11.0. The van der Waals surface area contributed by atoms with E-state index in [1.54, 1.807) is 18.3 Å². The highest BCUT2D eigenvalue weighted by Crippen LogP contribution is 2.21. The highest BCUT2D eigenvalue weighted by molar-refractivity contribution is 5.54. The van der Waals surface area contributed by atoms with Crippen molar-refractivity contribution in [2.24, 2.45) is 5.92 Å². The molecule has 0 saturated carbocycles. The largest absolute Gasteiger partial charge is 0.355 e. The molecule has 1 aliphatic heterocycles. The maximum Gasteiger partial charge on any atom is 0.249 e. The highest BCUT2D eigenvalue weighted by Gasteiger charge is 2.18. The van der Waals surface area contributed by atoms with Gasteiger partial charge in [-0.05, 0) is 43.0 Å². The quantitative estimate of drug-likeness (QED) is 0.940. The monoisotopic (exact) mass is 287 g/mol. The van der Waals surface area contributed by atoms with Crippen LogP contribution in [0, 0.1) is 11.7 Å². The summed E-state index contributed by atoms with van der Waals surface area (Å²) in [7, 11) is 0. The van der Waals surface area contributed by atoms with Crippen molar-refractivity contribution < 1.29 is 4.39 Å². The zero-order valence-corrected chi connectivity index (χ0v) is 12.0. The number of nitrogens with zero attached hydrogens (tertiary/aromatic N) is 4. The van der Waals surface area contributed by atoms with E-state index in [1.165, 1.54) is 25.0 Å². The molecule has 2 heterocycles. The van der Waals surface area contributed by atoms with Crippen molar-refractivity contribution in [3.05, 3.63) is 36.3 Å².